The number of para-hydroxylation sites is 2. The van der Waals surface area contributed by atoms with Crippen molar-refractivity contribution in [1.29, 1.82) is 0 Å². The maximum Gasteiger partial charge on any atom is 0.238 e. The minimum Gasteiger partial charge on any atom is -0.492 e. The van der Waals surface area contributed by atoms with Crippen LogP contribution < -0.4 is 10.1 Å². The first kappa shape index (κ1) is 20.4. The summed E-state index contributed by atoms with van der Waals surface area (Å²) in [6, 6.07) is 7.57. The lowest BCUT2D eigenvalue weighted by Gasteiger charge is -2.34. The van der Waals surface area contributed by atoms with E-state index in [1.165, 1.54) is 0 Å². The first-order valence-electron chi connectivity index (χ1n) is 10.2. The van der Waals surface area contributed by atoms with Gasteiger partial charge in [0.15, 0.2) is 0 Å². The lowest BCUT2D eigenvalue weighted by atomic mass is 10.2. The summed E-state index contributed by atoms with van der Waals surface area (Å²) >= 11 is 0. The first-order chi connectivity index (χ1) is 13.7. The minimum absolute atomic E-state index is 0.00612. The largest absolute Gasteiger partial charge is 0.492 e. The average Bonchev–Trinajstić information content (AvgIpc) is 3.17. The van der Waals surface area contributed by atoms with Crippen LogP contribution in [0.25, 0.3) is 0 Å². The Balaban J connectivity index is 1.41. The van der Waals surface area contributed by atoms with Gasteiger partial charge in [-0.25, -0.2) is 4.98 Å². The van der Waals surface area contributed by atoms with Crippen LogP contribution in [0.2, 0.25) is 0 Å². The fourth-order valence-electron chi connectivity index (χ4n) is 3.52. The van der Waals surface area contributed by atoms with Crippen LogP contribution in [0.15, 0.2) is 36.7 Å². The molecule has 152 valence electrons. The van der Waals surface area contributed by atoms with Crippen molar-refractivity contribution in [3.05, 3.63) is 42.5 Å². The molecule has 0 aliphatic carbocycles. The highest BCUT2D eigenvalue weighted by molar-refractivity contribution is 5.93. The number of anilines is 1. The molecule has 3 rings (SSSR count). The number of carbonyl (C=O) groups excluding carboxylic acids is 1. The van der Waals surface area contributed by atoms with E-state index in [1.807, 2.05) is 37.4 Å². The van der Waals surface area contributed by atoms with Gasteiger partial charge in [-0.3, -0.25) is 14.6 Å². The Morgan fingerprint density at radius 1 is 1.11 bits per heavy atom. The Kier molecular flexibility index (Phi) is 7.45. The number of carbonyl (C=O) groups is 1. The van der Waals surface area contributed by atoms with Crippen LogP contribution in [0.5, 0.6) is 5.75 Å². The first-order valence-corrected chi connectivity index (χ1v) is 10.2. The summed E-state index contributed by atoms with van der Waals surface area (Å²) in [6.07, 6.45) is 4.89. The molecule has 1 amide bonds. The van der Waals surface area contributed by atoms with Crippen LogP contribution in [0.4, 0.5) is 5.69 Å². The summed E-state index contributed by atoms with van der Waals surface area (Å²) in [6.45, 7) is 10.8. The number of ether oxygens (including phenoxy) is 1. The van der Waals surface area contributed by atoms with Crippen LogP contribution in [-0.2, 0) is 17.8 Å². The number of rotatable bonds is 9. The van der Waals surface area contributed by atoms with Crippen LogP contribution in [0.3, 0.4) is 0 Å². The molecule has 7 heteroatoms. The molecule has 1 aromatic carbocycles. The number of hydrogen-bond donors (Lipinski definition) is 1. The van der Waals surface area contributed by atoms with Gasteiger partial charge < -0.3 is 14.6 Å². The van der Waals surface area contributed by atoms with E-state index in [1.54, 1.807) is 0 Å². The third kappa shape index (κ3) is 5.56. The quantitative estimate of drug-likeness (QED) is 0.716. The van der Waals surface area contributed by atoms with Gasteiger partial charge in [0.1, 0.15) is 11.6 Å². The molecule has 7 nitrogen and oxygen atoms in total. The van der Waals surface area contributed by atoms with E-state index < -0.39 is 0 Å². The van der Waals surface area contributed by atoms with E-state index in [9.17, 15) is 4.79 Å². The molecule has 2 heterocycles. The molecule has 1 saturated heterocycles. The Labute approximate surface area is 167 Å². The number of aryl methyl sites for hydroxylation is 1. The molecule has 2 aromatic rings. The zero-order chi connectivity index (χ0) is 19.8. The standard InChI is InChI=1S/C21H31N5O2/c1-3-20-22-9-10-26(20)16-15-24-11-13-25(14-12-24)17-21(27)23-18-7-5-6-8-19(18)28-4-2/h5-10H,3-4,11-17H2,1-2H3,(H,23,27). The number of amides is 1. The second kappa shape index (κ2) is 10.2. The van der Waals surface area contributed by atoms with Gasteiger partial charge >= 0.3 is 0 Å². The topological polar surface area (TPSA) is 62.6 Å². The van der Waals surface area contributed by atoms with Crippen molar-refractivity contribution in [2.75, 3.05) is 51.2 Å². The van der Waals surface area contributed by atoms with Crippen LogP contribution >= 0.6 is 0 Å². The van der Waals surface area contributed by atoms with E-state index in [2.05, 4.69) is 37.8 Å². The third-order valence-electron chi connectivity index (χ3n) is 5.07. The summed E-state index contributed by atoms with van der Waals surface area (Å²) in [4.78, 5) is 21.5. The summed E-state index contributed by atoms with van der Waals surface area (Å²) in [5.41, 5.74) is 0.736. The number of piperazine rings is 1. The van der Waals surface area contributed by atoms with Gasteiger partial charge in [-0.1, -0.05) is 19.1 Å². The van der Waals surface area contributed by atoms with Crippen molar-refractivity contribution in [2.45, 2.75) is 26.8 Å². The van der Waals surface area contributed by atoms with Crippen molar-refractivity contribution in [3.63, 3.8) is 0 Å². The molecule has 0 spiro atoms. The minimum atomic E-state index is 0.00612. The third-order valence-corrected chi connectivity index (χ3v) is 5.07. The van der Waals surface area contributed by atoms with E-state index in [0.717, 1.165) is 57.2 Å². The molecule has 1 aliphatic heterocycles. The molecule has 0 atom stereocenters. The molecule has 1 aromatic heterocycles. The Bertz CT molecular complexity index is 753. The van der Waals surface area contributed by atoms with Crippen molar-refractivity contribution in [2.24, 2.45) is 0 Å². The SMILES string of the molecule is CCOc1ccccc1NC(=O)CN1CCN(CCn2ccnc2CC)CC1. The average molecular weight is 386 g/mol. The summed E-state index contributed by atoms with van der Waals surface area (Å²) in [5.74, 6) is 1.86. The zero-order valence-corrected chi connectivity index (χ0v) is 16.9. The molecule has 0 bridgehead atoms. The second-order valence-corrected chi connectivity index (χ2v) is 6.99. The Morgan fingerprint density at radius 3 is 2.61 bits per heavy atom. The van der Waals surface area contributed by atoms with Crippen LogP contribution in [0.1, 0.15) is 19.7 Å². The highest BCUT2D eigenvalue weighted by atomic mass is 16.5. The number of imidazole rings is 1. The van der Waals surface area contributed by atoms with Gasteiger partial charge in [-0.2, -0.15) is 0 Å². The van der Waals surface area contributed by atoms with Gasteiger partial charge in [-0.05, 0) is 19.1 Å². The number of aromatic nitrogens is 2. The zero-order valence-electron chi connectivity index (χ0n) is 16.9. The van der Waals surface area contributed by atoms with E-state index in [0.29, 0.717) is 18.9 Å². The maximum atomic E-state index is 12.4. The molecule has 1 fully saturated rings. The van der Waals surface area contributed by atoms with E-state index in [4.69, 9.17) is 4.74 Å². The Hall–Kier alpha value is -2.38. The van der Waals surface area contributed by atoms with E-state index >= 15 is 0 Å². The number of nitrogens with zero attached hydrogens (tertiary/aromatic N) is 4. The van der Waals surface area contributed by atoms with Crippen LogP contribution in [-0.4, -0.2) is 71.1 Å². The molecule has 0 radical (unpaired) electrons. The molecule has 0 unspecified atom stereocenters. The van der Waals surface area contributed by atoms with Crippen molar-refractivity contribution < 1.29 is 9.53 Å². The monoisotopic (exact) mass is 385 g/mol. The van der Waals surface area contributed by atoms with E-state index in [-0.39, 0.29) is 5.91 Å². The fourth-order valence-corrected chi connectivity index (χ4v) is 3.52. The highest BCUT2D eigenvalue weighted by Gasteiger charge is 2.19. The number of nitrogens with one attached hydrogen (secondary N) is 1. The maximum absolute atomic E-state index is 12.4. The predicted molar refractivity (Wildman–Crippen MR) is 111 cm³/mol. The van der Waals surface area contributed by atoms with Crippen molar-refractivity contribution in [3.8, 4) is 5.75 Å². The fraction of sp³-hybridized carbons (Fsp3) is 0.524. The van der Waals surface area contributed by atoms with Gasteiger partial charge in [0.25, 0.3) is 0 Å². The normalized spacial score (nSPS) is 15.5. The molecule has 1 N–H and O–H groups in total. The lowest BCUT2D eigenvalue weighted by molar-refractivity contribution is -0.117. The summed E-state index contributed by atoms with van der Waals surface area (Å²) in [5, 5.41) is 2.98. The Morgan fingerprint density at radius 2 is 1.86 bits per heavy atom. The summed E-state index contributed by atoms with van der Waals surface area (Å²) in [7, 11) is 0. The number of hydrogen-bond acceptors (Lipinski definition) is 5. The molecular weight excluding hydrogens is 354 g/mol. The van der Waals surface area contributed by atoms with Gasteiger partial charge in [-0.15, -0.1) is 0 Å². The van der Waals surface area contributed by atoms with Crippen LogP contribution in [0, 0.1) is 0 Å². The predicted octanol–water partition coefficient (Wildman–Crippen LogP) is 2.10. The number of benzene rings is 1. The molecule has 1 aliphatic rings. The van der Waals surface area contributed by atoms with Gasteiger partial charge in [0.05, 0.1) is 18.8 Å². The molecule has 0 saturated carbocycles. The summed E-state index contributed by atoms with van der Waals surface area (Å²) < 4.78 is 7.81. The van der Waals surface area contributed by atoms with Gasteiger partial charge in [0, 0.05) is 58.1 Å². The lowest BCUT2D eigenvalue weighted by Crippen LogP contribution is -2.49. The highest BCUT2D eigenvalue weighted by Crippen LogP contribution is 2.23. The smallest absolute Gasteiger partial charge is 0.238 e. The second-order valence-electron chi connectivity index (χ2n) is 6.99. The van der Waals surface area contributed by atoms with Crippen molar-refractivity contribution >= 4 is 11.6 Å². The van der Waals surface area contributed by atoms with Crippen molar-refractivity contribution in [1.82, 2.24) is 19.4 Å². The molecule has 28 heavy (non-hydrogen) atoms. The van der Waals surface area contributed by atoms with Gasteiger partial charge in [0.2, 0.25) is 5.91 Å². The molecular formula is C21H31N5O2.